The zero-order valence-corrected chi connectivity index (χ0v) is 21.8. The Morgan fingerprint density at radius 2 is 1.86 bits per heavy atom. The molecular formula is C26H33ClN4O5. The van der Waals surface area contributed by atoms with Crippen molar-refractivity contribution in [3.8, 4) is 11.5 Å². The average molecular weight is 517 g/mol. The van der Waals surface area contributed by atoms with Gasteiger partial charge in [0.15, 0.2) is 0 Å². The third kappa shape index (κ3) is 5.46. The Kier molecular flexibility index (Phi) is 7.78. The summed E-state index contributed by atoms with van der Waals surface area (Å²) < 4.78 is 12.4. The van der Waals surface area contributed by atoms with Gasteiger partial charge in [-0.15, -0.1) is 0 Å². The van der Waals surface area contributed by atoms with Gasteiger partial charge in [-0.05, 0) is 36.8 Å². The molecule has 3 atom stereocenters. The minimum atomic E-state index is -0.750. The van der Waals surface area contributed by atoms with Crippen LogP contribution in [0.3, 0.4) is 0 Å². The molecule has 1 aromatic carbocycles. The number of hydrogen-bond acceptors (Lipinski definition) is 5. The maximum absolute atomic E-state index is 13.3. The highest BCUT2D eigenvalue weighted by Crippen LogP contribution is 2.37. The van der Waals surface area contributed by atoms with E-state index in [1.165, 1.54) is 14.2 Å². The number of fused-ring (bicyclic) bond motifs is 4. The number of carbonyl (C=O) groups excluding carboxylic acids is 2. The smallest absolute Gasteiger partial charge is 0.318 e. The summed E-state index contributed by atoms with van der Waals surface area (Å²) in [5.41, 5.74) is 1.37. The molecule has 194 valence electrons. The molecule has 9 nitrogen and oxygen atoms in total. The number of aromatic nitrogens is 1. The molecule has 1 saturated heterocycles. The summed E-state index contributed by atoms with van der Waals surface area (Å²) in [5.74, 6) is 0.938. The number of benzene rings is 1. The zero-order chi connectivity index (χ0) is 26.0. The summed E-state index contributed by atoms with van der Waals surface area (Å²) >= 11 is 6.25. The molecule has 3 amide bonds. The van der Waals surface area contributed by atoms with Crippen LogP contribution in [0.15, 0.2) is 35.1 Å². The number of ether oxygens (including phenoxy) is 2. The number of halogens is 1. The third-order valence-electron chi connectivity index (χ3n) is 6.82. The van der Waals surface area contributed by atoms with Gasteiger partial charge in [0.05, 0.1) is 24.9 Å². The second kappa shape index (κ2) is 10.8. The van der Waals surface area contributed by atoms with Gasteiger partial charge in [0, 0.05) is 43.4 Å². The molecule has 2 N–H and O–H groups in total. The fourth-order valence-electron chi connectivity index (χ4n) is 5.18. The second-order valence-corrected chi connectivity index (χ2v) is 10.3. The van der Waals surface area contributed by atoms with Crippen LogP contribution in [-0.4, -0.2) is 54.8 Å². The largest absolute Gasteiger partial charge is 0.495 e. The lowest BCUT2D eigenvalue weighted by Gasteiger charge is -2.43. The van der Waals surface area contributed by atoms with E-state index in [1.807, 2.05) is 24.5 Å². The van der Waals surface area contributed by atoms with Crippen molar-refractivity contribution in [2.24, 2.45) is 11.8 Å². The second-order valence-electron chi connectivity index (χ2n) is 9.91. The first-order valence-corrected chi connectivity index (χ1v) is 12.6. The zero-order valence-electron chi connectivity index (χ0n) is 21.0. The predicted octanol–water partition coefficient (Wildman–Crippen LogP) is 3.70. The summed E-state index contributed by atoms with van der Waals surface area (Å²) in [6, 6.07) is 7.45. The average Bonchev–Trinajstić information content (AvgIpc) is 2.84. The van der Waals surface area contributed by atoms with Crippen molar-refractivity contribution in [1.82, 2.24) is 14.8 Å². The van der Waals surface area contributed by atoms with Crippen LogP contribution in [0, 0.1) is 11.8 Å². The maximum atomic E-state index is 13.3. The van der Waals surface area contributed by atoms with Gasteiger partial charge in [0.25, 0.3) is 5.56 Å². The number of methoxy groups -OCH3 is 2. The fourth-order valence-corrected chi connectivity index (χ4v) is 5.42. The maximum Gasteiger partial charge on any atom is 0.318 e. The topological polar surface area (TPSA) is 102 Å². The van der Waals surface area contributed by atoms with E-state index in [4.69, 9.17) is 21.1 Å². The number of nitrogens with zero attached hydrogens (tertiary/aromatic N) is 2. The predicted molar refractivity (Wildman–Crippen MR) is 138 cm³/mol. The van der Waals surface area contributed by atoms with Crippen LogP contribution in [0.4, 0.5) is 10.5 Å². The van der Waals surface area contributed by atoms with E-state index < -0.39 is 6.04 Å². The molecule has 1 aromatic heterocycles. The Bertz CT molecular complexity index is 1200. The molecule has 36 heavy (non-hydrogen) atoms. The number of amides is 3. The number of anilines is 1. The fraction of sp³-hybridized carbons (Fsp3) is 0.500. The van der Waals surface area contributed by atoms with Crippen molar-refractivity contribution in [1.29, 1.82) is 0 Å². The first-order chi connectivity index (χ1) is 17.2. The number of nitrogens with one attached hydrogen (secondary N) is 2. The van der Waals surface area contributed by atoms with Crippen LogP contribution in [0.5, 0.6) is 11.5 Å². The molecule has 2 unspecified atom stereocenters. The molecule has 0 saturated carbocycles. The molecule has 1 fully saturated rings. The van der Waals surface area contributed by atoms with E-state index in [-0.39, 0.29) is 35.3 Å². The Balaban J connectivity index is 1.48. The molecule has 0 radical (unpaired) electrons. The molecule has 2 aromatic rings. The van der Waals surface area contributed by atoms with Crippen LogP contribution in [0.2, 0.25) is 5.02 Å². The molecule has 0 aliphatic carbocycles. The van der Waals surface area contributed by atoms with Crippen molar-refractivity contribution in [3.05, 3.63) is 51.4 Å². The Labute approximate surface area is 215 Å². The van der Waals surface area contributed by atoms with E-state index in [1.54, 1.807) is 29.2 Å². The summed E-state index contributed by atoms with van der Waals surface area (Å²) in [6.45, 7) is 5.64. The van der Waals surface area contributed by atoms with Crippen LogP contribution >= 0.6 is 11.6 Å². The van der Waals surface area contributed by atoms with Gasteiger partial charge in [-0.25, -0.2) is 4.79 Å². The summed E-state index contributed by atoms with van der Waals surface area (Å²) in [7, 11) is 2.99. The molecule has 10 heteroatoms. The molecule has 3 heterocycles. The summed E-state index contributed by atoms with van der Waals surface area (Å²) in [4.78, 5) is 40.7. The lowest BCUT2D eigenvalue weighted by atomic mass is 9.83. The van der Waals surface area contributed by atoms with Crippen LogP contribution in [0.1, 0.15) is 38.3 Å². The number of pyridine rings is 1. The van der Waals surface area contributed by atoms with Gasteiger partial charge in [-0.1, -0.05) is 31.5 Å². The number of urea groups is 1. The van der Waals surface area contributed by atoms with E-state index >= 15 is 0 Å². The van der Waals surface area contributed by atoms with E-state index in [0.717, 1.165) is 12.1 Å². The molecule has 2 bridgehead atoms. The lowest BCUT2D eigenvalue weighted by molar-refractivity contribution is -0.118. The molecule has 2 aliphatic rings. The number of likely N-dealkylation sites (tertiary alicyclic amines) is 1. The van der Waals surface area contributed by atoms with Crippen LogP contribution < -0.4 is 25.7 Å². The minimum Gasteiger partial charge on any atom is -0.495 e. The number of hydrogen-bond donors (Lipinski definition) is 2. The van der Waals surface area contributed by atoms with Gasteiger partial charge in [0.1, 0.15) is 17.5 Å². The Morgan fingerprint density at radius 1 is 1.11 bits per heavy atom. The number of rotatable bonds is 7. The van der Waals surface area contributed by atoms with E-state index in [0.29, 0.717) is 48.3 Å². The quantitative estimate of drug-likeness (QED) is 0.584. The van der Waals surface area contributed by atoms with Crippen molar-refractivity contribution in [2.45, 2.75) is 45.2 Å². The standard InChI is InChI=1S/C26H33ClN4O5/c1-15(2)8-20(25(33)28-19-10-18(27)22(35-3)11-23(19)36-4)29-26(34)30-12-16-9-17(14-30)21-6-5-7-24(32)31(21)13-16/h5-7,10-11,15-17,20H,8-9,12-14H2,1-4H3,(H,28,33)(H,29,34)/t16?,17?,20-/m0/s1. The van der Waals surface area contributed by atoms with Gasteiger partial charge in [0.2, 0.25) is 5.91 Å². The highest BCUT2D eigenvalue weighted by molar-refractivity contribution is 6.32. The molecule has 0 spiro atoms. The first-order valence-electron chi connectivity index (χ1n) is 12.2. The summed E-state index contributed by atoms with van der Waals surface area (Å²) in [5, 5.41) is 6.13. The molecule has 2 aliphatic heterocycles. The Hall–Kier alpha value is -3.20. The van der Waals surface area contributed by atoms with Crippen molar-refractivity contribution in [3.63, 3.8) is 0 Å². The van der Waals surface area contributed by atoms with Crippen LogP contribution in [-0.2, 0) is 11.3 Å². The third-order valence-corrected chi connectivity index (χ3v) is 7.12. The van der Waals surface area contributed by atoms with Gasteiger partial charge in [-0.2, -0.15) is 0 Å². The number of carbonyl (C=O) groups is 2. The molecule has 4 rings (SSSR count). The number of piperidine rings is 1. The normalized spacial score (nSPS) is 19.3. The first kappa shape index (κ1) is 25.9. The minimum absolute atomic E-state index is 0.00262. The van der Waals surface area contributed by atoms with E-state index in [2.05, 4.69) is 10.6 Å². The SMILES string of the molecule is COc1cc(OC)c(NC(=O)[C@H](CC(C)C)NC(=O)N2CC3CC(C2)c2cccc(=O)n2C3)cc1Cl. The van der Waals surface area contributed by atoms with E-state index in [9.17, 15) is 14.4 Å². The monoisotopic (exact) mass is 516 g/mol. The van der Waals surface area contributed by atoms with Crippen molar-refractivity contribution in [2.75, 3.05) is 32.6 Å². The van der Waals surface area contributed by atoms with Gasteiger partial charge < -0.3 is 29.6 Å². The van der Waals surface area contributed by atoms with Gasteiger partial charge >= 0.3 is 6.03 Å². The molecular weight excluding hydrogens is 484 g/mol. The van der Waals surface area contributed by atoms with Crippen LogP contribution in [0.25, 0.3) is 0 Å². The highest BCUT2D eigenvalue weighted by Gasteiger charge is 2.37. The Morgan fingerprint density at radius 3 is 2.56 bits per heavy atom. The van der Waals surface area contributed by atoms with Crippen molar-refractivity contribution < 1.29 is 19.1 Å². The summed E-state index contributed by atoms with van der Waals surface area (Å²) in [6.07, 6.45) is 1.41. The van der Waals surface area contributed by atoms with Gasteiger partial charge in [-0.3, -0.25) is 9.59 Å². The lowest BCUT2D eigenvalue weighted by Crippen LogP contribution is -2.55. The van der Waals surface area contributed by atoms with Crippen molar-refractivity contribution >= 4 is 29.2 Å². The highest BCUT2D eigenvalue weighted by atomic mass is 35.5.